The minimum absolute atomic E-state index is 0.0249. The summed E-state index contributed by atoms with van der Waals surface area (Å²) in [4.78, 5) is 22.1. The molecule has 0 saturated carbocycles. The normalized spacial score (nSPS) is 28.5. The predicted octanol–water partition coefficient (Wildman–Crippen LogP) is 1.53. The van der Waals surface area contributed by atoms with Crippen molar-refractivity contribution < 1.29 is 4.79 Å². The number of thiophene rings is 1. The maximum Gasteiger partial charge on any atom is 0.270 e. The number of hydrogen-bond donors (Lipinski definition) is 2. The molecule has 0 spiro atoms. The number of fused-ring (bicyclic) bond motifs is 4. The molecule has 0 aromatic carbocycles. The molecule has 4 aliphatic heterocycles. The highest BCUT2D eigenvalue weighted by molar-refractivity contribution is 7.17. The summed E-state index contributed by atoms with van der Waals surface area (Å²) in [7, 11) is 0. The maximum absolute atomic E-state index is 12.8. The van der Waals surface area contributed by atoms with Crippen molar-refractivity contribution >= 4 is 33.0 Å². The largest absolute Gasteiger partial charge is 0.368 e. The first-order valence-electron chi connectivity index (χ1n) is 9.64. The van der Waals surface area contributed by atoms with E-state index < -0.39 is 0 Å². The van der Waals surface area contributed by atoms with Gasteiger partial charge in [-0.25, -0.2) is 4.98 Å². The maximum atomic E-state index is 12.8. The average Bonchev–Trinajstić information content (AvgIpc) is 3.13. The number of pyridine rings is 1. The number of aromatic nitrogens is 1. The van der Waals surface area contributed by atoms with Crippen LogP contribution >= 0.6 is 11.3 Å². The van der Waals surface area contributed by atoms with E-state index in [1.54, 1.807) is 11.3 Å². The van der Waals surface area contributed by atoms with E-state index in [1.165, 1.54) is 31.6 Å². The number of piperidine rings is 3. The first kappa shape index (κ1) is 16.5. The van der Waals surface area contributed by atoms with Crippen LogP contribution < -0.4 is 15.5 Å². The van der Waals surface area contributed by atoms with Crippen molar-refractivity contribution in [3.8, 4) is 0 Å². The number of carbonyl (C=O) groups excluding carboxylic acids is 1. The van der Waals surface area contributed by atoms with E-state index in [0.717, 1.165) is 42.8 Å². The third-order valence-corrected chi connectivity index (χ3v) is 7.02. The van der Waals surface area contributed by atoms with Gasteiger partial charge in [-0.2, -0.15) is 0 Å². The Labute approximate surface area is 157 Å². The van der Waals surface area contributed by atoms with Gasteiger partial charge in [0.1, 0.15) is 5.69 Å². The first-order valence-corrected chi connectivity index (χ1v) is 10.5. The lowest BCUT2D eigenvalue weighted by Crippen LogP contribution is -2.57. The Morgan fingerprint density at radius 2 is 2.04 bits per heavy atom. The zero-order valence-electron chi connectivity index (χ0n) is 14.9. The first-order chi connectivity index (χ1) is 12.8. The predicted molar refractivity (Wildman–Crippen MR) is 105 cm³/mol. The van der Waals surface area contributed by atoms with Gasteiger partial charge in [0.25, 0.3) is 5.91 Å². The molecule has 6 rings (SSSR count). The highest BCUT2D eigenvalue weighted by Crippen LogP contribution is 2.33. The van der Waals surface area contributed by atoms with Crippen molar-refractivity contribution in [2.24, 2.45) is 5.92 Å². The number of hydrogen-bond acceptors (Lipinski definition) is 6. The molecule has 1 amide bonds. The molecule has 2 N–H and O–H groups in total. The summed E-state index contributed by atoms with van der Waals surface area (Å²) in [6.45, 7) is 7.40. The molecule has 1 atom stereocenters. The van der Waals surface area contributed by atoms with Crippen molar-refractivity contribution in [1.82, 2.24) is 20.5 Å². The SMILES string of the molecule is O=C(NC1CN2CCC1CC2)c1cc2c(N3CCNCC3)csc2cn1. The Balaban J connectivity index is 1.37. The highest BCUT2D eigenvalue weighted by atomic mass is 32.1. The summed E-state index contributed by atoms with van der Waals surface area (Å²) >= 11 is 1.71. The van der Waals surface area contributed by atoms with Gasteiger partial charge in [0.15, 0.2) is 0 Å². The van der Waals surface area contributed by atoms with Crippen molar-refractivity contribution in [2.45, 2.75) is 18.9 Å². The van der Waals surface area contributed by atoms with E-state index in [4.69, 9.17) is 0 Å². The van der Waals surface area contributed by atoms with Gasteiger partial charge in [0.05, 0.1) is 10.4 Å². The number of piperazine rings is 1. The van der Waals surface area contributed by atoms with Gasteiger partial charge in [-0.1, -0.05) is 0 Å². The molecule has 2 aromatic heterocycles. The van der Waals surface area contributed by atoms with Gasteiger partial charge >= 0.3 is 0 Å². The van der Waals surface area contributed by atoms with E-state index in [2.05, 4.69) is 30.8 Å². The Morgan fingerprint density at radius 3 is 2.77 bits per heavy atom. The smallest absolute Gasteiger partial charge is 0.270 e. The Kier molecular flexibility index (Phi) is 4.30. The Hall–Kier alpha value is -1.70. The molecular formula is C19H25N5OS. The molecule has 6 nitrogen and oxygen atoms in total. The number of amides is 1. The van der Waals surface area contributed by atoms with Crippen molar-refractivity contribution in [2.75, 3.05) is 50.7 Å². The number of anilines is 1. The third-order valence-electron chi connectivity index (χ3n) is 6.10. The lowest BCUT2D eigenvalue weighted by molar-refractivity contribution is 0.0618. The molecule has 1 unspecified atom stereocenters. The molecule has 4 fully saturated rings. The summed E-state index contributed by atoms with van der Waals surface area (Å²) in [5, 5.41) is 10.0. The average molecular weight is 372 g/mol. The van der Waals surface area contributed by atoms with Gasteiger partial charge in [-0.15, -0.1) is 11.3 Å². The van der Waals surface area contributed by atoms with E-state index in [0.29, 0.717) is 11.6 Å². The van der Waals surface area contributed by atoms with E-state index in [9.17, 15) is 4.79 Å². The topological polar surface area (TPSA) is 60.5 Å². The number of rotatable bonds is 3. The molecule has 2 aromatic rings. The van der Waals surface area contributed by atoms with Gasteiger partial charge in [-0.3, -0.25) is 4.79 Å². The molecule has 2 bridgehead atoms. The quantitative estimate of drug-likeness (QED) is 0.857. The summed E-state index contributed by atoms with van der Waals surface area (Å²) in [6, 6.07) is 2.26. The second-order valence-electron chi connectivity index (χ2n) is 7.64. The highest BCUT2D eigenvalue weighted by Gasteiger charge is 2.35. The van der Waals surface area contributed by atoms with Gasteiger partial charge < -0.3 is 20.4 Å². The minimum atomic E-state index is -0.0249. The van der Waals surface area contributed by atoms with Crippen LogP contribution in [0.15, 0.2) is 17.6 Å². The molecule has 4 aliphatic rings. The van der Waals surface area contributed by atoms with Crippen LogP contribution in [-0.4, -0.2) is 67.6 Å². The summed E-state index contributed by atoms with van der Waals surface area (Å²) < 4.78 is 1.15. The molecular weight excluding hydrogens is 346 g/mol. The fraction of sp³-hybridized carbons (Fsp3) is 0.579. The van der Waals surface area contributed by atoms with Crippen LogP contribution in [0.2, 0.25) is 0 Å². The van der Waals surface area contributed by atoms with Gasteiger partial charge in [0.2, 0.25) is 0 Å². The molecule has 138 valence electrons. The van der Waals surface area contributed by atoms with Gasteiger partial charge in [0, 0.05) is 55.7 Å². The van der Waals surface area contributed by atoms with Crippen LogP contribution in [0.25, 0.3) is 10.1 Å². The fourth-order valence-corrected chi connectivity index (χ4v) is 5.48. The van der Waals surface area contributed by atoms with Crippen LogP contribution in [0.3, 0.4) is 0 Å². The van der Waals surface area contributed by atoms with E-state index in [1.807, 2.05) is 12.3 Å². The second kappa shape index (κ2) is 6.79. The number of nitrogens with one attached hydrogen (secondary N) is 2. The van der Waals surface area contributed by atoms with Crippen LogP contribution in [0.1, 0.15) is 23.3 Å². The fourth-order valence-electron chi connectivity index (χ4n) is 4.57. The Bertz CT molecular complexity index is 807. The van der Waals surface area contributed by atoms with E-state index >= 15 is 0 Å². The van der Waals surface area contributed by atoms with Crippen molar-refractivity contribution in [3.63, 3.8) is 0 Å². The lowest BCUT2D eigenvalue weighted by atomic mass is 9.84. The monoisotopic (exact) mass is 371 g/mol. The standard InChI is InChI=1S/C19H25N5OS/c25-19(22-16-11-23-5-1-13(16)2-6-23)15-9-14-17(12-26-18(14)10-21-15)24-7-3-20-4-8-24/h9-10,12-13,16,20H,1-8,11H2,(H,22,25). The summed E-state index contributed by atoms with van der Waals surface area (Å²) in [6.07, 6.45) is 4.27. The molecule has 6 heterocycles. The minimum Gasteiger partial charge on any atom is -0.368 e. The van der Waals surface area contributed by atoms with Gasteiger partial charge in [-0.05, 0) is 37.9 Å². The molecule has 0 radical (unpaired) electrons. The van der Waals surface area contributed by atoms with E-state index in [-0.39, 0.29) is 11.9 Å². The number of nitrogens with zero attached hydrogens (tertiary/aromatic N) is 3. The summed E-state index contributed by atoms with van der Waals surface area (Å²) in [5.74, 6) is 0.605. The summed E-state index contributed by atoms with van der Waals surface area (Å²) in [5.41, 5.74) is 1.79. The molecule has 4 saturated heterocycles. The lowest BCUT2D eigenvalue weighted by Gasteiger charge is -2.44. The zero-order chi connectivity index (χ0) is 17.5. The van der Waals surface area contributed by atoms with Crippen molar-refractivity contribution in [1.29, 1.82) is 0 Å². The van der Waals surface area contributed by atoms with Crippen LogP contribution in [0.5, 0.6) is 0 Å². The molecule has 7 heteroatoms. The molecule has 26 heavy (non-hydrogen) atoms. The second-order valence-corrected chi connectivity index (χ2v) is 8.55. The third kappa shape index (κ3) is 2.98. The van der Waals surface area contributed by atoms with Crippen LogP contribution in [0, 0.1) is 5.92 Å². The van der Waals surface area contributed by atoms with Crippen molar-refractivity contribution in [3.05, 3.63) is 23.3 Å². The van der Waals surface area contributed by atoms with Crippen LogP contribution in [0.4, 0.5) is 5.69 Å². The van der Waals surface area contributed by atoms with Crippen LogP contribution in [-0.2, 0) is 0 Å². The number of carbonyl (C=O) groups is 1. The molecule has 0 aliphatic carbocycles. The zero-order valence-corrected chi connectivity index (χ0v) is 15.7. The Morgan fingerprint density at radius 1 is 1.23 bits per heavy atom.